The van der Waals surface area contributed by atoms with Crippen molar-refractivity contribution in [3.05, 3.63) is 0 Å². The monoisotopic (exact) mass is 254 g/mol. The van der Waals surface area contributed by atoms with E-state index < -0.39 is 0 Å². The molecule has 1 atom stereocenters. The number of piperazine rings is 1. The minimum atomic E-state index is 0.341. The van der Waals surface area contributed by atoms with Crippen LogP contribution in [-0.2, 0) is 9.53 Å². The van der Waals surface area contributed by atoms with Crippen LogP contribution in [0.4, 0.5) is 0 Å². The predicted octanol–water partition coefficient (Wildman–Crippen LogP) is 1.50. The fraction of sp³-hybridized carbons (Fsp3) is 0.929. The molecule has 0 aromatic rings. The summed E-state index contributed by atoms with van der Waals surface area (Å²) in [5.41, 5.74) is 0. The molecule has 0 saturated carbocycles. The molecule has 2 rings (SSSR count). The van der Waals surface area contributed by atoms with E-state index in [0.29, 0.717) is 12.0 Å². The van der Waals surface area contributed by atoms with E-state index in [4.69, 9.17) is 4.74 Å². The Labute approximate surface area is 110 Å². The second-order valence-electron chi connectivity index (χ2n) is 5.42. The molecule has 1 unspecified atom stereocenters. The van der Waals surface area contributed by atoms with Crippen molar-refractivity contribution in [2.75, 3.05) is 39.3 Å². The lowest BCUT2D eigenvalue weighted by Crippen LogP contribution is -2.50. The molecule has 1 amide bonds. The summed E-state index contributed by atoms with van der Waals surface area (Å²) in [7, 11) is 0. The SMILES string of the molecule is CCCCC(=O)N1CCN(CC2CCCO2)CC1. The molecular formula is C14H26N2O2. The van der Waals surface area contributed by atoms with Crippen LogP contribution in [0, 0.1) is 0 Å². The van der Waals surface area contributed by atoms with Gasteiger partial charge in [0.05, 0.1) is 6.10 Å². The van der Waals surface area contributed by atoms with Crippen molar-refractivity contribution in [1.82, 2.24) is 9.80 Å². The average Bonchev–Trinajstić information content (AvgIpc) is 2.89. The summed E-state index contributed by atoms with van der Waals surface area (Å²) in [6.45, 7) is 7.93. The Kier molecular flexibility index (Phi) is 5.45. The quantitative estimate of drug-likeness (QED) is 0.745. The summed E-state index contributed by atoms with van der Waals surface area (Å²) in [5.74, 6) is 0.341. The van der Waals surface area contributed by atoms with Crippen LogP contribution in [0.15, 0.2) is 0 Å². The zero-order chi connectivity index (χ0) is 12.8. The highest BCUT2D eigenvalue weighted by molar-refractivity contribution is 5.76. The van der Waals surface area contributed by atoms with Gasteiger partial charge in [-0.15, -0.1) is 0 Å². The maximum absolute atomic E-state index is 11.9. The first kappa shape index (κ1) is 13.8. The van der Waals surface area contributed by atoms with Gasteiger partial charge in [-0.3, -0.25) is 9.69 Å². The summed E-state index contributed by atoms with van der Waals surface area (Å²) < 4.78 is 5.66. The number of unbranched alkanes of at least 4 members (excludes halogenated alkanes) is 1. The van der Waals surface area contributed by atoms with Crippen LogP contribution in [0.3, 0.4) is 0 Å². The molecule has 2 aliphatic rings. The molecule has 2 heterocycles. The fourth-order valence-electron chi connectivity index (χ4n) is 2.74. The molecule has 104 valence electrons. The third kappa shape index (κ3) is 3.95. The molecule has 2 saturated heterocycles. The lowest BCUT2D eigenvalue weighted by molar-refractivity contribution is -0.133. The molecule has 0 N–H and O–H groups in total. The van der Waals surface area contributed by atoms with Gasteiger partial charge < -0.3 is 9.64 Å². The first-order valence-electron chi connectivity index (χ1n) is 7.41. The van der Waals surface area contributed by atoms with Crippen LogP contribution in [-0.4, -0.2) is 61.1 Å². The summed E-state index contributed by atoms with van der Waals surface area (Å²) >= 11 is 0. The molecule has 0 aromatic carbocycles. The molecule has 0 bridgehead atoms. The zero-order valence-corrected chi connectivity index (χ0v) is 11.6. The van der Waals surface area contributed by atoms with Gasteiger partial charge in [0.1, 0.15) is 0 Å². The maximum atomic E-state index is 11.9. The van der Waals surface area contributed by atoms with Crippen LogP contribution in [0.25, 0.3) is 0 Å². The molecule has 4 heteroatoms. The van der Waals surface area contributed by atoms with Gasteiger partial charge in [-0.1, -0.05) is 13.3 Å². The van der Waals surface area contributed by atoms with Crippen LogP contribution in [0.5, 0.6) is 0 Å². The van der Waals surface area contributed by atoms with Crippen molar-refractivity contribution in [1.29, 1.82) is 0 Å². The van der Waals surface area contributed by atoms with E-state index in [1.165, 1.54) is 12.8 Å². The molecule has 0 spiro atoms. The van der Waals surface area contributed by atoms with Crippen molar-refractivity contribution < 1.29 is 9.53 Å². The van der Waals surface area contributed by atoms with E-state index in [0.717, 1.165) is 58.6 Å². The molecule has 0 aromatic heterocycles. The highest BCUT2D eigenvalue weighted by Gasteiger charge is 2.24. The third-order valence-corrected chi connectivity index (χ3v) is 3.96. The van der Waals surface area contributed by atoms with Crippen LogP contribution >= 0.6 is 0 Å². The van der Waals surface area contributed by atoms with Gasteiger partial charge >= 0.3 is 0 Å². The van der Waals surface area contributed by atoms with Gasteiger partial charge in [-0.05, 0) is 19.3 Å². The number of ether oxygens (including phenoxy) is 1. The number of nitrogens with zero attached hydrogens (tertiary/aromatic N) is 2. The Morgan fingerprint density at radius 3 is 2.67 bits per heavy atom. The predicted molar refractivity (Wildman–Crippen MR) is 71.5 cm³/mol. The van der Waals surface area contributed by atoms with E-state index in [1.54, 1.807) is 0 Å². The van der Waals surface area contributed by atoms with Gasteiger partial charge in [0.2, 0.25) is 5.91 Å². The Hall–Kier alpha value is -0.610. The van der Waals surface area contributed by atoms with Crippen LogP contribution in [0.2, 0.25) is 0 Å². The lowest BCUT2D eigenvalue weighted by atomic mass is 10.2. The largest absolute Gasteiger partial charge is 0.377 e. The van der Waals surface area contributed by atoms with Gasteiger partial charge in [0.15, 0.2) is 0 Å². The second kappa shape index (κ2) is 7.10. The van der Waals surface area contributed by atoms with E-state index in [2.05, 4.69) is 11.8 Å². The average molecular weight is 254 g/mol. The summed E-state index contributed by atoms with van der Waals surface area (Å²) in [5, 5.41) is 0. The molecular weight excluding hydrogens is 228 g/mol. The van der Waals surface area contributed by atoms with Crippen molar-refractivity contribution in [3.63, 3.8) is 0 Å². The lowest BCUT2D eigenvalue weighted by Gasteiger charge is -2.35. The molecule has 2 aliphatic heterocycles. The fourth-order valence-corrected chi connectivity index (χ4v) is 2.74. The van der Waals surface area contributed by atoms with Crippen molar-refractivity contribution in [3.8, 4) is 0 Å². The van der Waals surface area contributed by atoms with Gasteiger partial charge in [-0.25, -0.2) is 0 Å². The van der Waals surface area contributed by atoms with E-state index in [1.807, 2.05) is 4.90 Å². The number of hydrogen-bond donors (Lipinski definition) is 0. The summed E-state index contributed by atoms with van der Waals surface area (Å²) in [6.07, 6.45) is 5.70. The van der Waals surface area contributed by atoms with Gasteiger partial charge in [-0.2, -0.15) is 0 Å². The smallest absolute Gasteiger partial charge is 0.222 e. The minimum Gasteiger partial charge on any atom is -0.377 e. The Balaban J connectivity index is 1.65. The number of carbonyl (C=O) groups is 1. The first-order valence-corrected chi connectivity index (χ1v) is 7.41. The topological polar surface area (TPSA) is 32.8 Å². The Morgan fingerprint density at radius 1 is 1.28 bits per heavy atom. The van der Waals surface area contributed by atoms with Crippen molar-refractivity contribution in [2.24, 2.45) is 0 Å². The van der Waals surface area contributed by atoms with Gasteiger partial charge in [0.25, 0.3) is 0 Å². The number of amides is 1. The van der Waals surface area contributed by atoms with Crippen LogP contribution < -0.4 is 0 Å². The molecule has 4 nitrogen and oxygen atoms in total. The first-order chi connectivity index (χ1) is 8.79. The zero-order valence-electron chi connectivity index (χ0n) is 11.6. The number of carbonyl (C=O) groups excluding carboxylic acids is 1. The van der Waals surface area contributed by atoms with Crippen molar-refractivity contribution >= 4 is 5.91 Å². The molecule has 0 radical (unpaired) electrons. The van der Waals surface area contributed by atoms with Crippen LogP contribution in [0.1, 0.15) is 39.0 Å². The number of hydrogen-bond acceptors (Lipinski definition) is 3. The summed E-state index contributed by atoms with van der Waals surface area (Å²) in [6, 6.07) is 0. The second-order valence-corrected chi connectivity index (χ2v) is 5.42. The molecule has 2 fully saturated rings. The Morgan fingerprint density at radius 2 is 2.06 bits per heavy atom. The van der Waals surface area contributed by atoms with E-state index in [-0.39, 0.29) is 0 Å². The molecule has 0 aliphatic carbocycles. The maximum Gasteiger partial charge on any atom is 0.222 e. The number of rotatable bonds is 5. The summed E-state index contributed by atoms with van der Waals surface area (Å²) in [4.78, 5) is 16.4. The standard InChI is InChI=1S/C14H26N2O2/c1-2-3-6-14(17)16-9-7-15(8-10-16)12-13-5-4-11-18-13/h13H,2-12H2,1H3. The van der Waals surface area contributed by atoms with Gasteiger partial charge in [0, 0.05) is 45.8 Å². The van der Waals surface area contributed by atoms with Crippen molar-refractivity contribution in [2.45, 2.75) is 45.1 Å². The Bertz CT molecular complexity index is 257. The highest BCUT2D eigenvalue weighted by Crippen LogP contribution is 2.14. The highest BCUT2D eigenvalue weighted by atomic mass is 16.5. The van der Waals surface area contributed by atoms with E-state index >= 15 is 0 Å². The van der Waals surface area contributed by atoms with E-state index in [9.17, 15) is 4.79 Å². The minimum absolute atomic E-state index is 0.341. The normalized spacial score (nSPS) is 25.6. The third-order valence-electron chi connectivity index (χ3n) is 3.96. The molecule has 18 heavy (non-hydrogen) atoms.